The number of hydrogen-bond acceptors (Lipinski definition) is 1. The molecule has 0 aromatic carbocycles. The minimum atomic E-state index is -0.825. The van der Waals surface area contributed by atoms with Crippen LogP contribution in [0.1, 0.15) is 6.42 Å². The first kappa shape index (κ1) is 9.02. The molecule has 0 amide bonds. The Bertz CT molecular complexity index is 60.0. The van der Waals surface area contributed by atoms with Crippen molar-refractivity contribution in [2.75, 3.05) is 5.88 Å². The van der Waals surface area contributed by atoms with E-state index in [1.54, 1.807) is 0 Å². The maximum absolute atomic E-state index is 8.61. The second kappa shape index (κ2) is 4.86. The zero-order valence-corrected chi connectivity index (χ0v) is 7.25. The summed E-state index contributed by atoms with van der Waals surface area (Å²) in [6.45, 7) is 0. The van der Waals surface area contributed by atoms with Crippen molar-refractivity contribution in [1.29, 1.82) is 0 Å². The highest BCUT2D eigenvalue weighted by Gasteiger charge is 2.10. The van der Waals surface area contributed by atoms with Crippen LogP contribution < -0.4 is 0 Å². The van der Waals surface area contributed by atoms with Gasteiger partial charge in [0.1, 0.15) is 5.56 Å². The molecular formula is C4H7BrCl2O. The molecule has 2 unspecified atom stereocenters. The number of hydrogen-bond donors (Lipinski definition) is 1. The average molecular weight is 222 g/mol. The molecule has 1 N–H and O–H groups in total. The lowest BCUT2D eigenvalue weighted by atomic mass is 10.3. The van der Waals surface area contributed by atoms with E-state index in [4.69, 9.17) is 28.3 Å². The van der Waals surface area contributed by atoms with Crippen LogP contribution in [0.15, 0.2) is 0 Å². The third-order valence-electron chi connectivity index (χ3n) is 0.683. The van der Waals surface area contributed by atoms with Gasteiger partial charge in [0.15, 0.2) is 0 Å². The molecule has 50 valence electrons. The second-order valence-corrected chi connectivity index (χ2v) is 3.37. The molecule has 0 aliphatic rings. The summed E-state index contributed by atoms with van der Waals surface area (Å²) in [6, 6.07) is 0. The van der Waals surface area contributed by atoms with Crippen molar-refractivity contribution in [3.63, 3.8) is 0 Å². The molecule has 2 atom stereocenters. The minimum absolute atomic E-state index is 0.0818. The number of aliphatic hydroxyl groups is 1. The first-order valence-electron chi connectivity index (χ1n) is 2.20. The van der Waals surface area contributed by atoms with Gasteiger partial charge < -0.3 is 5.11 Å². The Morgan fingerprint density at radius 2 is 2.12 bits per heavy atom. The van der Waals surface area contributed by atoms with Gasteiger partial charge >= 0.3 is 0 Å². The van der Waals surface area contributed by atoms with E-state index in [1.807, 2.05) is 0 Å². The average Bonchev–Trinajstić information content (AvgIpc) is 1.67. The largest absolute Gasteiger partial charge is 0.377 e. The van der Waals surface area contributed by atoms with E-state index < -0.39 is 5.56 Å². The fourth-order valence-electron chi connectivity index (χ4n) is 0.242. The van der Waals surface area contributed by atoms with Crippen molar-refractivity contribution < 1.29 is 5.11 Å². The van der Waals surface area contributed by atoms with Gasteiger partial charge in [-0.25, -0.2) is 0 Å². The quantitative estimate of drug-likeness (QED) is 0.723. The van der Waals surface area contributed by atoms with E-state index in [1.165, 1.54) is 0 Å². The molecular weight excluding hydrogens is 215 g/mol. The first-order chi connectivity index (χ1) is 3.68. The van der Waals surface area contributed by atoms with E-state index in [2.05, 4.69) is 15.9 Å². The van der Waals surface area contributed by atoms with Gasteiger partial charge in [0.05, 0.1) is 4.83 Å². The topological polar surface area (TPSA) is 20.2 Å². The Morgan fingerprint density at radius 1 is 1.62 bits per heavy atom. The van der Waals surface area contributed by atoms with Gasteiger partial charge in [-0.15, -0.1) is 11.6 Å². The molecule has 0 aromatic heterocycles. The molecule has 0 fully saturated rings. The van der Waals surface area contributed by atoms with Crippen LogP contribution in [-0.2, 0) is 0 Å². The molecule has 1 nitrogen and oxygen atoms in total. The summed E-state index contributed by atoms with van der Waals surface area (Å²) in [4.78, 5) is -0.0818. The van der Waals surface area contributed by atoms with Gasteiger partial charge in [-0.2, -0.15) is 0 Å². The molecule has 0 aliphatic heterocycles. The predicted molar refractivity (Wildman–Crippen MR) is 39.9 cm³/mol. The van der Waals surface area contributed by atoms with Gasteiger partial charge in [0.2, 0.25) is 0 Å². The number of rotatable bonds is 3. The molecule has 0 bridgehead atoms. The maximum Gasteiger partial charge on any atom is 0.140 e. The molecule has 0 heterocycles. The third kappa shape index (κ3) is 3.96. The predicted octanol–water partition coefficient (Wildman–Crippen LogP) is 1.94. The monoisotopic (exact) mass is 220 g/mol. The summed E-state index contributed by atoms with van der Waals surface area (Å²) in [6.07, 6.45) is 0.687. The Hall–Kier alpha value is 1.02. The molecule has 0 rings (SSSR count). The van der Waals surface area contributed by atoms with Crippen LogP contribution in [-0.4, -0.2) is 21.4 Å². The smallest absolute Gasteiger partial charge is 0.140 e. The molecule has 0 aromatic rings. The molecule has 0 radical (unpaired) electrons. The molecule has 8 heavy (non-hydrogen) atoms. The molecule has 4 heteroatoms. The van der Waals surface area contributed by atoms with Crippen molar-refractivity contribution in [3.05, 3.63) is 0 Å². The second-order valence-electron chi connectivity index (χ2n) is 1.37. The highest BCUT2D eigenvalue weighted by Crippen LogP contribution is 2.13. The molecule has 0 saturated heterocycles. The Kier molecular flexibility index (Phi) is 5.48. The van der Waals surface area contributed by atoms with Gasteiger partial charge in [-0.3, -0.25) is 0 Å². The minimum Gasteiger partial charge on any atom is -0.377 e. The fourth-order valence-corrected chi connectivity index (χ4v) is 1.10. The summed E-state index contributed by atoms with van der Waals surface area (Å²) < 4.78 is 0. The van der Waals surface area contributed by atoms with Crippen LogP contribution in [0, 0.1) is 0 Å². The molecule has 0 saturated carbocycles. The van der Waals surface area contributed by atoms with E-state index in [-0.39, 0.29) is 4.83 Å². The Labute approximate surface area is 67.1 Å². The van der Waals surface area contributed by atoms with E-state index in [9.17, 15) is 0 Å². The number of alkyl halides is 3. The van der Waals surface area contributed by atoms with E-state index in [0.29, 0.717) is 12.3 Å². The highest BCUT2D eigenvalue weighted by molar-refractivity contribution is 9.09. The van der Waals surface area contributed by atoms with Crippen molar-refractivity contribution in [2.24, 2.45) is 0 Å². The van der Waals surface area contributed by atoms with E-state index >= 15 is 0 Å². The van der Waals surface area contributed by atoms with Crippen molar-refractivity contribution >= 4 is 39.1 Å². The summed E-state index contributed by atoms with van der Waals surface area (Å²) >= 11 is 13.7. The summed E-state index contributed by atoms with van der Waals surface area (Å²) in [5, 5.41) is 8.61. The van der Waals surface area contributed by atoms with Gasteiger partial charge in [-0.1, -0.05) is 27.5 Å². The fraction of sp³-hybridized carbons (Fsp3) is 1.00. The Balaban J connectivity index is 3.17. The van der Waals surface area contributed by atoms with Crippen molar-refractivity contribution in [2.45, 2.75) is 16.8 Å². The maximum atomic E-state index is 8.61. The SMILES string of the molecule is OC(Cl)C(Br)CCCl. The first-order valence-corrected chi connectivity index (χ1v) is 4.09. The van der Waals surface area contributed by atoms with Crippen molar-refractivity contribution in [3.8, 4) is 0 Å². The van der Waals surface area contributed by atoms with Crippen LogP contribution in [0.25, 0.3) is 0 Å². The summed E-state index contributed by atoms with van der Waals surface area (Å²) in [7, 11) is 0. The van der Waals surface area contributed by atoms with Crippen LogP contribution in [0.2, 0.25) is 0 Å². The summed E-state index contributed by atoms with van der Waals surface area (Å²) in [5.41, 5.74) is -0.825. The normalized spacial score (nSPS) is 18.0. The molecule has 0 aliphatic carbocycles. The lowest BCUT2D eigenvalue weighted by Crippen LogP contribution is -2.13. The lowest BCUT2D eigenvalue weighted by molar-refractivity contribution is 0.253. The van der Waals surface area contributed by atoms with Gasteiger partial charge in [-0.05, 0) is 6.42 Å². The number of halogens is 3. The van der Waals surface area contributed by atoms with Crippen molar-refractivity contribution in [1.82, 2.24) is 0 Å². The standard InChI is InChI=1S/C4H7BrCl2O/c5-3(1-2-6)4(7)8/h3-4,8H,1-2H2. The zero-order valence-electron chi connectivity index (χ0n) is 4.15. The van der Waals surface area contributed by atoms with Crippen LogP contribution in [0.3, 0.4) is 0 Å². The number of aliphatic hydroxyl groups excluding tert-OH is 1. The third-order valence-corrected chi connectivity index (χ3v) is 2.47. The zero-order chi connectivity index (χ0) is 6.57. The van der Waals surface area contributed by atoms with Crippen LogP contribution in [0.4, 0.5) is 0 Å². The summed E-state index contributed by atoms with van der Waals surface area (Å²) in [5.74, 6) is 0.514. The van der Waals surface area contributed by atoms with Gasteiger partial charge in [0, 0.05) is 5.88 Å². The molecule has 0 spiro atoms. The Morgan fingerprint density at radius 3 is 2.25 bits per heavy atom. The van der Waals surface area contributed by atoms with Gasteiger partial charge in [0.25, 0.3) is 0 Å². The lowest BCUT2D eigenvalue weighted by Gasteiger charge is -2.06. The van der Waals surface area contributed by atoms with E-state index in [0.717, 1.165) is 0 Å². The van der Waals surface area contributed by atoms with Crippen LogP contribution >= 0.6 is 39.1 Å². The highest BCUT2D eigenvalue weighted by atomic mass is 79.9. The van der Waals surface area contributed by atoms with Crippen LogP contribution in [0.5, 0.6) is 0 Å².